The number of ketones is 1. The van der Waals surface area contributed by atoms with Gasteiger partial charge in [-0.1, -0.05) is 0 Å². The standard InChI is InChI=1S/C19H18FN5O/c20-13-3-1-12(2-4-13)17-18(19-22-10-9-16(21)24-19)25(11-23-17)14-5-7-15(26)8-6-14/h1-4,9-11,14H,5-8H2,(H2,21,22,24). The molecule has 2 heterocycles. The predicted octanol–water partition coefficient (Wildman–Crippen LogP) is 3.41. The van der Waals surface area contributed by atoms with Crippen molar-refractivity contribution in [3.63, 3.8) is 0 Å². The number of Topliss-reactive ketones (excluding diaryl/α,β-unsaturated/α-hetero) is 1. The van der Waals surface area contributed by atoms with E-state index in [1.807, 2.05) is 4.57 Å². The minimum Gasteiger partial charge on any atom is -0.384 e. The van der Waals surface area contributed by atoms with E-state index < -0.39 is 0 Å². The molecule has 1 saturated carbocycles. The molecule has 0 atom stereocenters. The first-order valence-electron chi connectivity index (χ1n) is 8.55. The Labute approximate surface area is 149 Å². The highest BCUT2D eigenvalue weighted by atomic mass is 19.1. The summed E-state index contributed by atoms with van der Waals surface area (Å²) in [7, 11) is 0. The van der Waals surface area contributed by atoms with Crippen LogP contribution in [0.25, 0.3) is 22.8 Å². The molecular formula is C19H18FN5O. The smallest absolute Gasteiger partial charge is 0.180 e. The summed E-state index contributed by atoms with van der Waals surface area (Å²) in [5.41, 5.74) is 8.03. The van der Waals surface area contributed by atoms with Gasteiger partial charge in [0.2, 0.25) is 0 Å². The maximum Gasteiger partial charge on any atom is 0.180 e. The number of nitrogen functional groups attached to an aromatic ring is 1. The molecule has 0 spiro atoms. The Bertz CT molecular complexity index is 941. The first-order valence-corrected chi connectivity index (χ1v) is 8.55. The molecule has 0 amide bonds. The Hall–Kier alpha value is -3.09. The summed E-state index contributed by atoms with van der Waals surface area (Å²) in [6.45, 7) is 0. The summed E-state index contributed by atoms with van der Waals surface area (Å²) in [6, 6.07) is 7.94. The van der Waals surface area contributed by atoms with Crippen LogP contribution in [0.2, 0.25) is 0 Å². The Balaban J connectivity index is 1.84. The zero-order chi connectivity index (χ0) is 18.1. The Morgan fingerprint density at radius 1 is 1.08 bits per heavy atom. The molecule has 6 nitrogen and oxygen atoms in total. The normalized spacial score (nSPS) is 15.3. The van der Waals surface area contributed by atoms with Crippen molar-refractivity contribution in [2.45, 2.75) is 31.7 Å². The summed E-state index contributed by atoms with van der Waals surface area (Å²) in [4.78, 5) is 24.9. The third-order valence-electron chi connectivity index (χ3n) is 4.71. The van der Waals surface area contributed by atoms with Crippen molar-refractivity contribution < 1.29 is 9.18 Å². The van der Waals surface area contributed by atoms with Crippen LogP contribution in [-0.2, 0) is 4.79 Å². The van der Waals surface area contributed by atoms with Crippen LogP contribution in [0.4, 0.5) is 10.2 Å². The van der Waals surface area contributed by atoms with Gasteiger partial charge >= 0.3 is 0 Å². The molecule has 2 aromatic heterocycles. The quantitative estimate of drug-likeness (QED) is 0.781. The second-order valence-corrected chi connectivity index (χ2v) is 6.43. The van der Waals surface area contributed by atoms with E-state index >= 15 is 0 Å². The molecule has 0 radical (unpaired) electrons. The number of rotatable bonds is 3. The number of nitrogens with two attached hydrogens (primary N) is 1. The minimum atomic E-state index is -0.305. The van der Waals surface area contributed by atoms with E-state index in [1.165, 1.54) is 12.1 Å². The number of carbonyl (C=O) groups is 1. The maximum absolute atomic E-state index is 13.3. The highest BCUT2D eigenvalue weighted by Gasteiger charge is 2.26. The van der Waals surface area contributed by atoms with Gasteiger partial charge in [0.1, 0.15) is 23.1 Å². The van der Waals surface area contributed by atoms with Crippen molar-refractivity contribution >= 4 is 11.6 Å². The molecule has 2 N–H and O–H groups in total. The minimum absolute atomic E-state index is 0.148. The van der Waals surface area contributed by atoms with Gasteiger partial charge in [-0.2, -0.15) is 0 Å². The molecule has 26 heavy (non-hydrogen) atoms. The SMILES string of the molecule is Nc1ccnc(-c2c(-c3ccc(F)cc3)ncn2C2CCC(=O)CC2)n1. The highest BCUT2D eigenvalue weighted by molar-refractivity contribution is 5.79. The van der Waals surface area contributed by atoms with Gasteiger partial charge in [0, 0.05) is 30.6 Å². The second kappa shape index (κ2) is 6.67. The number of anilines is 1. The molecular weight excluding hydrogens is 333 g/mol. The van der Waals surface area contributed by atoms with Crippen LogP contribution in [0.1, 0.15) is 31.7 Å². The van der Waals surface area contributed by atoms with E-state index in [0.717, 1.165) is 24.1 Å². The van der Waals surface area contributed by atoms with Crippen molar-refractivity contribution in [1.82, 2.24) is 19.5 Å². The average Bonchev–Trinajstić information content (AvgIpc) is 3.08. The number of nitrogens with zero attached hydrogens (tertiary/aromatic N) is 4. The number of benzene rings is 1. The fraction of sp³-hybridized carbons (Fsp3) is 0.263. The summed E-state index contributed by atoms with van der Waals surface area (Å²) in [6.07, 6.45) is 5.99. The zero-order valence-corrected chi connectivity index (χ0v) is 14.1. The monoisotopic (exact) mass is 351 g/mol. The lowest BCUT2D eigenvalue weighted by Crippen LogP contribution is -2.18. The third-order valence-corrected chi connectivity index (χ3v) is 4.71. The number of carbonyl (C=O) groups excluding carboxylic acids is 1. The molecule has 1 aromatic carbocycles. The lowest BCUT2D eigenvalue weighted by molar-refractivity contribution is -0.120. The van der Waals surface area contributed by atoms with Crippen molar-refractivity contribution in [1.29, 1.82) is 0 Å². The van der Waals surface area contributed by atoms with Gasteiger partial charge < -0.3 is 10.3 Å². The summed E-state index contributed by atoms with van der Waals surface area (Å²) in [5.74, 6) is 0.827. The summed E-state index contributed by atoms with van der Waals surface area (Å²) >= 11 is 0. The van der Waals surface area contributed by atoms with Gasteiger partial charge in [-0.15, -0.1) is 0 Å². The molecule has 1 fully saturated rings. The second-order valence-electron chi connectivity index (χ2n) is 6.43. The predicted molar refractivity (Wildman–Crippen MR) is 95.6 cm³/mol. The van der Waals surface area contributed by atoms with E-state index in [2.05, 4.69) is 15.0 Å². The number of hydrogen-bond donors (Lipinski definition) is 1. The van der Waals surface area contributed by atoms with E-state index in [1.54, 1.807) is 30.7 Å². The Morgan fingerprint density at radius 3 is 2.50 bits per heavy atom. The van der Waals surface area contributed by atoms with Crippen molar-refractivity contribution in [2.75, 3.05) is 5.73 Å². The van der Waals surface area contributed by atoms with Crippen LogP contribution >= 0.6 is 0 Å². The molecule has 1 aliphatic carbocycles. The number of hydrogen-bond acceptors (Lipinski definition) is 5. The van der Waals surface area contributed by atoms with Crippen LogP contribution in [0.5, 0.6) is 0 Å². The fourth-order valence-electron chi connectivity index (χ4n) is 3.37. The zero-order valence-electron chi connectivity index (χ0n) is 14.1. The largest absolute Gasteiger partial charge is 0.384 e. The Morgan fingerprint density at radius 2 is 1.81 bits per heavy atom. The molecule has 0 unspecified atom stereocenters. The molecule has 3 aromatic rings. The molecule has 7 heteroatoms. The van der Waals surface area contributed by atoms with Crippen LogP contribution in [0.3, 0.4) is 0 Å². The fourth-order valence-corrected chi connectivity index (χ4v) is 3.37. The van der Waals surface area contributed by atoms with Crippen LogP contribution in [-0.4, -0.2) is 25.3 Å². The average molecular weight is 351 g/mol. The Kier molecular flexibility index (Phi) is 4.20. The van der Waals surface area contributed by atoms with E-state index in [-0.39, 0.29) is 11.9 Å². The van der Waals surface area contributed by atoms with Gasteiger partial charge in [0.15, 0.2) is 5.82 Å². The van der Waals surface area contributed by atoms with Crippen LogP contribution in [0.15, 0.2) is 42.9 Å². The van der Waals surface area contributed by atoms with Crippen LogP contribution < -0.4 is 5.73 Å². The first-order chi connectivity index (χ1) is 12.6. The van der Waals surface area contributed by atoms with E-state index in [9.17, 15) is 9.18 Å². The van der Waals surface area contributed by atoms with Gasteiger partial charge in [0.05, 0.1) is 12.0 Å². The van der Waals surface area contributed by atoms with Gasteiger partial charge in [-0.25, -0.2) is 19.3 Å². The van der Waals surface area contributed by atoms with Crippen molar-refractivity contribution in [3.8, 4) is 22.8 Å². The summed E-state index contributed by atoms with van der Waals surface area (Å²) in [5, 5.41) is 0. The number of imidazole rings is 1. The third kappa shape index (κ3) is 3.08. The van der Waals surface area contributed by atoms with Gasteiger partial charge in [-0.3, -0.25) is 4.79 Å². The first kappa shape index (κ1) is 16.4. The molecule has 0 aliphatic heterocycles. The topological polar surface area (TPSA) is 86.7 Å². The molecule has 4 rings (SSSR count). The molecule has 132 valence electrons. The number of halogens is 1. The van der Waals surface area contributed by atoms with Gasteiger partial charge in [-0.05, 0) is 43.2 Å². The van der Waals surface area contributed by atoms with Gasteiger partial charge in [0.25, 0.3) is 0 Å². The molecule has 0 bridgehead atoms. The van der Waals surface area contributed by atoms with Crippen molar-refractivity contribution in [3.05, 3.63) is 48.7 Å². The molecule has 0 saturated heterocycles. The van der Waals surface area contributed by atoms with E-state index in [0.29, 0.717) is 36.0 Å². The van der Waals surface area contributed by atoms with E-state index in [4.69, 9.17) is 5.73 Å². The van der Waals surface area contributed by atoms with Crippen molar-refractivity contribution in [2.24, 2.45) is 0 Å². The lowest BCUT2D eigenvalue weighted by atomic mass is 9.94. The highest BCUT2D eigenvalue weighted by Crippen LogP contribution is 2.35. The number of aromatic nitrogens is 4. The molecule has 1 aliphatic rings. The summed E-state index contributed by atoms with van der Waals surface area (Å²) < 4.78 is 15.3. The maximum atomic E-state index is 13.3. The lowest BCUT2D eigenvalue weighted by Gasteiger charge is -2.24. The van der Waals surface area contributed by atoms with Crippen LogP contribution in [0, 0.1) is 5.82 Å².